The SMILES string of the molecule is N#CC1(C(=O)NC(CCO[C@H]2C[C@H](CCc3ccc4c(n3)NCCC4)C2)C(=O)O)CCOCC1. The number of hydrogen-bond acceptors (Lipinski definition) is 7. The molecule has 0 bridgehead atoms. The van der Waals surface area contributed by atoms with Gasteiger partial charge in [-0.2, -0.15) is 5.26 Å². The monoisotopic (exact) mass is 470 g/mol. The number of aromatic nitrogens is 1. The molecule has 2 fully saturated rings. The Kier molecular flexibility index (Phi) is 8.01. The van der Waals surface area contributed by atoms with Crippen molar-refractivity contribution in [2.75, 3.05) is 31.7 Å². The maximum Gasteiger partial charge on any atom is 0.326 e. The van der Waals surface area contributed by atoms with E-state index in [0.29, 0.717) is 19.1 Å². The zero-order valence-corrected chi connectivity index (χ0v) is 19.6. The summed E-state index contributed by atoms with van der Waals surface area (Å²) in [6.45, 7) is 1.90. The van der Waals surface area contributed by atoms with E-state index in [1.807, 2.05) is 0 Å². The van der Waals surface area contributed by atoms with Crippen molar-refractivity contribution in [2.45, 2.75) is 69.9 Å². The minimum absolute atomic E-state index is 0.134. The number of anilines is 1. The van der Waals surface area contributed by atoms with Crippen molar-refractivity contribution in [3.63, 3.8) is 0 Å². The second kappa shape index (κ2) is 11.2. The number of aliphatic carboxylic acids is 1. The zero-order valence-electron chi connectivity index (χ0n) is 19.6. The third-order valence-corrected chi connectivity index (χ3v) is 7.31. The summed E-state index contributed by atoms with van der Waals surface area (Å²) in [4.78, 5) is 29.0. The van der Waals surface area contributed by atoms with Gasteiger partial charge < -0.3 is 25.2 Å². The van der Waals surface area contributed by atoms with Gasteiger partial charge in [0.25, 0.3) is 0 Å². The number of carboxylic acid groups (broad SMARTS) is 1. The molecule has 1 saturated heterocycles. The van der Waals surface area contributed by atoms with Crippen molar-refractivity contribution in [3.8, 4) is 6.07 Å². The van der Waals surface area contributed by atoms with Gasteiger partial charge in [0, 0.05) is 38.5 Å². The van der Waals surface area contributed by atoms with Gasteiger partial charge in [0.05, 0.1) is 12.2 Å². The standard InChI is InChI=1S/C25H34N4O5/c26-16-25(8-12-33-13-9-25)24(32)29-21(23(30)31)7-11-34-20-14-17(15-20)3-5-19-6-4-18-2-1-10-27-22(18)28-19/h4,6,17,20-21H,1-3,5,7-15H2,(H,27,28)(H,29,32)(H,30,31)/t17-,20-,21?. The first-order valence-electron chi connectivity index (χ1n) is 12.4. The lowest BCUT2D eigenvalue weighted by atomic mass is 9.79. The molecule has 1 aromatic heterocycles. The quantitative estimate of drug-likeness (QED) is 0.475. The highest BCUT2D eigenvalue weighted by molar-refractivity contribution is 5.89. The molecule has 1 saturated carbocycles. The summed E-state index contributed by atoms with van der Waals surface area (Å²) >= 11 is 0. The van der Waals surface area contributed by atoms with E-state index in [0.717, 1.165) is 56.6 Å². The van der Waals surface area contributed by atoms with Gasteiger partial charge in [-0.1, -0.05) is 6.07 Å². The van der Waals surface area contributed by atoms with Crippen LogP contribution in [0.3, 0.4) is 0 Å². The molecule has 4 rings (SSSR count). The molecule has 2 aliphatic heterocycles. The number of carboxylic acids is 1. The van der Waals surface area contributed by atoms with E-state index >= 15 is 0 Å². The first kappa shape index (κ1) is 24.4. The third kappa shape index (κ3) is 5.86. The number of nitriles is 1. The number of hydrogen-bond donors (Lipinski definition) is 3. The van der Waals surface area contributed by atoms with E-state index in [-0.39, 0.29) is 32.0 Å². The number of fused-ring (bicyclic) bond motifs is 1. The number of amides is 1. The van der Waals surface area contributed by atoms with E-state index in [1.54, 1.807) is 0 Å². The number of nitrogens with one attached hydrogen (secondary N) is 2. The molecule has 9 nitrogen and oxygen atoms in total. The van der Waals surface area contributed by atoms with Gasteiger partial charge >= 0.3 is 5.97 Å². The molecule has 3 aliphatic rings. The number of aryl methyl sites for hydroxylation is 2. The number of pyridine rings is 1. The zero-order chi connectivity index (χ0) is 24.0. The summed E-state index contributed by atoms with van der Waals surface area (Å²) in [5.41, 5.74) is 1.22. The minimum atomic E-state index is -1.21. The molecule has 3 heterocycles. The highest BCUT2D eigenvalue weighted by atomic mass is 16.5. The molecule has 34 heavy (non-hydrogen) atoms. The molecule has 0 radical (unpaired) electrons. The Morgan fingerprint density at radius 2 is 2.15 bits per heavy atom. The largest absolute Gasteiger partial charge is 0.480 e. The van der Waals surface area contributed by atoms with Crippen molar-refractivity contribution in [1.29, 1.82) is 5.26 Å². The van der Waals surface area contributed by atoms with Crippen LogP contribution in [-0.4, -0.2) is 60.5 Å². The summed E-state index contributed by atoms with van der Waals surface area (Å²) in [6, 6.07) is 5.33. The van der Waals surface area contributed by atoms with Crippen molar-refractivity contribution < 1.29 is 24.2 Å². The molecule has 0 spiro atoms. The molecule has 1 aliphatic carbocycles. The molecule has 1 atom stereocenters. The van der Waals surface area contributed by atoms with Gasteiger partial charge in [-0.3, -0.25) is 4.79 Å². The molecular weight excluding hydrogens is 436 g/mol. The van der Waals surface area contributed by atoms with Crippen LogP contribution in [0, 0.1) is 22.7 Å². The Hall–Kier alpha value is -2.70. The number of nitrogens with zero attached hydrogens (tertiary/aromatic N) is 2. The van der Waals surface area contributed by atoms with Crippen LogP contribution in [0.25, 0.3) is 0 Å². The van der Waals surface area contributed by atoms with Gasteiger partial charge in [0.15, 0.2) is 0 Å². The van der Waals surface area contributed by atoms with Gasteiger partial charge in [-0.25, -0.2) is 9.78 Å². The minimum Gasteiger partial charge on any atom is -0.480 e. The lowest BCUT2D eigenvalue weighted by Crippen LogP contribution is -2.50. The molecule has 1 aromatic rings. The van der Waals surface area contributed by atoms with Crippen LogP contribution in [0.2, 0.25) is 0 Å². The fourth-order valence-corrected chi connectivity index (χ4v) is 4.92. The summed E-state index contributed by atoms with van der Waals surface area (Å²) in [5.74, 6) is -0.0121. The van der Waals surface area contributed by atoms with Crippen LogP contribution in [-0.2, 0) is 31.9 Å². The van der Waals surface area contributed by atoms with E-state index < -0.39 is 23.3 Å². The topological polar surface area (TPSA) is 134 Å². The summed E-state index contributed by atoms with van der Waals surface area (Å²) in [5, 5.41) is 24.9. The van der Waals surface area contributed by atoms with Gasteiger partial charge in [0.2, 0.25) is 5.91 Å². The Balaban J connectivity index is 1.15. The van der Waals surface area contributed by atoms with Crippen LogP contribution < -0.4 is 10.6 Å². The molecule has 1 unspecified atom stereocenters. The molecule has 9 heteroatoms. The van der Waals surface area contributed by atoms with Crippen LogP contribution >= 0.6 is 0 Å². The van der Waals surface area contributed by atoms with Crippen LogP contribution in [0.1, 0.15) is 56.2 Å². The predicted octanol–water partition coefficient (Wildman–Crippen LogP) is 2.45. The number of carbonyl (C=O) groups is 2. The average Bonchev–Trinajstić information content (AvgIpc) is 2.84. The maximum atomic E-state index is 12.6. The Labute approximate surface area is 200 Å². The lowest BCUT2D eigenvalue weighted by molar-refractivity contribution is -0.145. The van der Waals surface area contributed by atoms with E-state index in [4.69, 9.17) is 14.5 Å². The average molecular weight is 471 g/mol. The fraction of sp³-hybridized carbons (Fsp3) is 0.680. The Bertz CT molecular complexity index is 918. The van der Waals surface area contributed by atoms with E-state index in [1.165, 1.54) is 5.56 Å². The second-order valence-corrected chi connectivity index (χ2v) is 9.67. The second-order valence-electron chi connectivity index (χ2n) is 9.67. The normalized spacial score (nSPS) is 24.0. The van der Waals surface area contributed by atoms with Crippen molar-refractivity contribution in [2.24, 2.45) is 11.3 Å². The smallest absolute Gasteiger partial charge is 0.326 e. The first-order chi connectivity index (χ1) is 16.5. The van der Waals surface area contributed by atoms with Gasteiger partial charge in [-0.15, -0.1) is 0 Å². The highest BCUT2D eigenvalue weighted by Gasteiger charge is 2.42. The molecular formula is C25H34N4O5. The summed E-state index contributed by atoms with van der Waals surface area (Å²) in [6.07, 6.45) is 7.06. The van der Waals surface area contributed by atoms with E-state index in [2.05, 4.69) is 28.8 Å². The third-order valence-electron chi connectivity index (χ3n) is 7.31. The summed E-state index contributed by atoms with van der Waals surface area (Å²) < 4.78 is 11.1. The maximum absolute atomic E-state index is 12.6. The number of rotatable bonds is 10. The summed E-state index contributed by atoms with van der Waals surface area (Å²) in [7, 11) is 0. The van der Waals surface area contributed by atoms with Crippen molar-refractivity contribution in [1.82, 2.24) is 10.3 Å². The predicted molar refractivity (Wildman–Crippen MR) is 124 cm³/mol. The number of carbonyl (C=O) groups excluding carboxylic acids is 1. The van der Waals surface area contributed by atoms with Crippen LogP contribution in [0.15, 0.2) is 12.1 Å². The first-order valence-corrected chi connectivity index (χ1v) is 12.4. The van der Waals surface area contributed by atoms with E-state index in [9.17, 15) is 20.0 Å². The van der Waals surface area contributed by atoms with Crippen LogP contribution in [0.4, 0.5) is 5.82 Å². The fourth-order valence-electron chi connectivity index (χ4n) is 4.92. The van der Waals surface area contributed by atoms with Gasteiger partial charge in [-0.05, 0) is 68.9 Å². The molecule has 184 valence electrons. The Morgan fingerprint density at radius 3 is 2.88 bits per heavy atom. The van der Waals surface area contributed by atoms with Crippen molar-refractivity contribution >= 4 is 17.7 Å². The Morgan fingerprint density at radius 1 is 1.35 bits per heavy atom. The van der Waals surface area contributed by atoms with Crippen LogP contribution in [0.5, 0.6) is 0 Å². The molecule has 1 amide bonds. The molecule has 0 aromatic carbocycles. The van der Waals surface area contributed by atoms with Crippen molar-refractivity contribution in [3.05, 3.63) is 23.4 Å². The lowest BCUT2D eigenvalue weighted by Gasteiger charge is -2.35. The molecule has 3 N–H and O–H groups in total. The highest BCUT2D eigenvalue weighted by Crippen LogP contribution is 2.34. The van der Waals surface area contributed by atoms with Gasteiger partial charge in [0.1, 0.15) is 17.3 Å². The number of ether oxygens (including phenoxy) is 2.